The first-order chi connectivity index (χ1) is 5.79. The molecule has 0 amide bonds. The summed E-state index contributed by atoms with van der Waals surface area (Å²) in [6, 6.07) is 7.76. The third kappa shape index (κ3) is 1.88. The van der Waals surface area contributed by atoms with Crippen LogP contribution in [0.2, 0.25) is 0 Å². The Bertz CT molecular complexity index is 301. The first kappa shape index (κ1) is 9.31. The van der Waals surface area contributed by atoms with Gasteiger partial charge in [0.05, 0.1) is 0 Å². The van der Waals surface area contributed by atoms with E-state index in [0.29, 0.717) is 0 Å². The second-order valence-corrected chi connectivity index (χ2v) is 3.16. The van der Waals surface area contributed by atoms with Crippen LogP contribution in [0, 0.1) is 12.3 Å². The van der Waals surface area contributed by atoms with Gasteiger partial charge in [0.1, 0.15) is 6.10 Å². The van der Waals surface area contributed by atoms with E-state index in [0.717, 1.165) is 10.0 Å². The van der Waals surface area contributed by atoms with Gasteiger partial charge in [-0.1, -0.05) is 40.0 Å². The molecule has 0 radical (unpaired) electrons. The molecule has 0 unspecified atom stereocenters. The van der Waals surface area contributed by atoms with E-state index in [2.05, 4.69) is 21.9 Å². The van der Waals surface area contributed by atoms with Crippen LogP contribution in [0.1, 0.15) is 11.7 Å². The van der Waals surface area contributed by atoms with Crippen LogP contribution in [-0.4, -0.2) is 7.11 Å². The minimum atomic E-state index is -0.263. The van der Waals surface area contributed by atoms with Gasteiger partial charge in [-0.2, -0.15) is 0 Å². The largest absolute Gasteiger partial charge is 0.364 e. The average Bonchev–Trinajstić information content (AvgIpc) is 2.10. The van der Waals surface area contributed by atoms with Gasteiger partial charge in [-0.15, -0.1) is 6.42 Å². The molecule has 0 aliphatic rings. The monoisotopic (exact) mass is 224 g/mol. The molecule has 1 aromatic carbocycles. The maximum absolute atomic E-state index is 5.29. The van der Waals surface area contributed by atoms with Crippen LogP contribution in [0.4, 0.5) is 0 Å². The average molecular weight is 225 g/mol. The Morgan fingerprint density at radius 1 is 1.50 bits per heavy atom. The minimum Gasteiger partial charge on any atom is -0.364 e. The van der Waals surface area contributed by atoms with Gasteiger partial charge in [-0.05, 0) is 6.07 Å². The van der Waals surface area contributed by atoms with E-state index in [9.17, 15) is 0 Å². The molecular formula is C10H9BrO. The predicted octanol–water partition coefficient (Wildman–Crippen LogP) is 2.77. The number of halogens is 1. The molecule has 12 heavy (non-hydrogen) atoms. The van der Waals surface area contributed by atoms with Crippen molar-refractivity contribution in [3.8, 4) is 12.3 Å². The van der Waals surface area contributed by atoms with Crippen LogP contribution < -0.4 is 0 Å². The van der Waals surface area contributed by atoms with Gasteiger partial charge in [0, 0.05) is 17.1 Å². The van der Waals surface area contributed by atoms with Crippen molar-refractivity contribution in [2.45, 2.75) is 6.10 Å². The van der Waals surface area contributed by atoms with Gasteiger partial charge < -0.3 is 4.74 Å². The normalized spacial score (nSPS) is 12.1. The molecule has 0 aromatic heterocycles. The van der Waals surface area contributed by atoms with Crippen LogP contribution in [0.3, 0.4) is 0 Å². The Balaban J connectivity index is 3.02. The zero-order valence-corrected chi connectivity index (χ0v) is 8.34. The van der Waals surface area contributed by atoms with Crippen molar-refractivity contribution in [2.75, 3.05) is 7.11 Å². The predicted molar refractivity (Wildman–Crippen MR) is 52.7 cm³/mol. The zero-order valence-electron chi connectivity index (χ0n) is 6.75. The van der Waals surface area contributed by atoms with Gasteiger partial charge in [-0.25, -0.2) is 0 Å². The Morgan fingerprint density at radius 3 is 2.67 bits per heavy atom. The lowest BCUT2D eigenvalue weighted by Gasteiger charge is -2.09. The number of terminal acetylenes is 1. The van der Waals surface area contributed by atoms with E-state index < -0.39 is 0 Å². The van der Waals surface area contributed by atoms with E-state index in [4.69, 9.17) is 11.2 Å². The standard InChI is InChI=1S/C10H9BrO/c1-3-10(12-2)8-6-4-5-7-9(8)11/h1,4-7,10H,2H3/t10-/m0/s1. The first-order valence-electron chi connectivity index (χ1n) is 3.53. The van der Waals surface area contributed by atoms with E-state index in [1.807, 2.05) is 24.3 Å². The molecule has 1 atom stereocenters. The van der Waals surface area contributed by atoms with Gasteiger partial charge in [-0.3, -0.25) is 0 Å². The number of benzene rings is 1. The first-order valence-corrected chi connectivity index (χ1v) is 4.32. The molecule has 0 spiro atoms. The van der Waals surface area contributed by atoms with Crippen molar-refractivity contribution in [1.29, 1.82) is 0 Å². The van der Waals surface area contributed by atoms with Crippen molar-refractivity contribution in [3.05, 3.63) is 34.3 Å². The number of hydrogen-bond acceptors (Lipinski definition) is 1. The number of ether oxygens (including phenoxy) is 1. The quantitative estimate of drug-likeness (QED) is 0.703. The summed E-state index contributed by atoms with van der Waals surface area (Å²) in [6.07, 6.45) is 5.03. The SMILES string of the molecule is C#C[C@H](OC)c1ccccc1Br. The topological polar surface area (TPSA) is 9.23 Å². The van der Waals surface area contributed by atoms with Crippen molar-refractivity contribution < 1.29 is 4.74 Å². The number of rotatable bonds is 2. The summed E-state index contributed by atoms with van der Waals surface area (Å²) >= 11 is 3.40. The van der Waals surface area contributed by atoms with Crippen LogP contribution in [0.5, 0.6) is 0 Å². The van der Waals surface area contributed by atoms with Crippen molar-refractivity contribution in [1.82, 2.24) is 0 Å². The third-order valence-corrected chi connectivity index (χ3v) is 2.30. The van der Waals surface area contributed by atoms with Crippen LogP contribution in [0.25, 0.3) is 0 Å². The van der Waals surface area contributed by atoms with E-state index in [1.54, 1.807) is 7.11 Å². The molecular weight excluding hydrogens is 216 g/mol. The molecule has 1 aromatic rings. The molecule has 1 nitrogen and oxygen atoms in total. The van der Waals surface area contributed by atoms with Gasteiger partial charge >= 0.3 is 0 Å². The summed E-state index contributed by atoms with van der Waals surface area (Å²) in [4.78, 5) is 0. The lowest BCUT2D eigenvalue weighted by molar-refractivity contribution is 0.150. The fraction of sp³-hybridized carbons (Fsp3) is 0.200. The summed E-state index contributed by atoms with van der Waals surface area (Å²) in [5, 5.41) is 0. The van der Waals surface area contributed by atoms with Gasteiger partial charge in [0.15, 0.2) is 0 Å². The van der Waals surface area contributed by atoms with Crippen molar-refractivity contribution >= 4 is 15.9 Å². The highest BCUT2D eigenvalue weighted by atomic mass is 79.9. The second-order valence-electron chi connectivity index (χ2n) is 2.30. The Labute approximate surface area is 80.9 Å². The van der Waals surface area contributed by atoms with E-state index in [-0.39, 0.29) is 6.10 Å². The maximum atomic E-state index is 5.29. The van der Waals surface area contributed by atoms with Crippen LogP contribution >= 0.6 is 15.9 Å². The fourth-order valence-electron chi connectivity index (χ4n) is 0.973. The maximum Gasteiger partial charge on any atom is 0.143 e. The van der Waals surface area contributed by atoms with Crippen LogP contribution in [-0.2, 0) is 4.74 Å². The molecule has 2 heteroatoms. The highest BCUT2D eigenvalue weighted by Crippen LogP contribution is 2.24. The van der Waals surface area contributed by atoms with Gasteiger partial charge in [0.2, 0.25) is 0 Å². The molecule has 0 aliphatic carbocycles. The molecule has 0 saturated heterocycles. The summed E-state index contributed by atoms with van der Waals surface area (Å²) in [7, 11) is 1.60. The zero-order chi connectivity index (χ0) is 8.97. The lowest BCUT2D eigenvalue weighted by Crippen LogP contribution is -1.98. The molecule has 62 valence electrons. The lowest BCUT2D eigenvalue weighted by atomic mass is 10.1. The smallest absolute Gasteiger partial charge is 0.143 e. The summed E-state index contributed by atoms with van der Waals surface area (Å²) < 4.78 is 6.08. The minimum absolute atomic E-state index is 0.263. The second kappa shape index (κ2) is 4.30. The number of methoxy groups -OCH3 is 1. The van der Waals surface area contributed by atoms with E-state index in [1.165, 1.54) is 0 Å². The molecule has 0 bridgehead atoms. The Kier molecular flexibility index (Phi) is 3.33. The molecule has 0 N–H and O–H groups in total. The summed E-state index contributed by atoms with van der Waals surface area (Å²) in [5.74, 6) is 2.56. The van der Waals surface area contributed by atoms with Crippen molar-refractivity contribution in [3.63, 3.8) is 0 Å². The van der Waals surface area contributed by atoms with Crippen LogP contribution in [0.15, 0.2) is 28.7 Å². The molecule has 1 rings (SSSR count). The summed E-state index contributed by atoms with van der Waals surface area (Å²) in [6.45, 7) is 0. The summed E-state index contributed by atoms with van der Waals surface area (Å²) in [5.41, 5.74) is 0.988. The number of hydrogen-bond donors (Lipinski definition) is 0. The highest BCUT2D eigenvalue weighted by Gasteiger charge is 2.08. The molecule has 0 saturated carbocycles. The van der Waals surface area contributed by atoms with Crippen molar-refractivity contribution in [2.24, 2.45) is 0 Å². The fourth-order valence-corrected chi connectivity index (χ4v) is 1.47. The van der Waals surface area contributed by atoms with E-state index >= 15 is 0 Å². The molecule has 0 heterocycles. The Hall–Kier alpha value is -0.780. The molecule has 0 aliphatic heterocycles. The van der Waals surface area contributed by atoms with Gasteiger partial charge in [0.25, 0.3) is 0 Å². The molecule has 0 fully saturated rings. The highest BCUT2D eigenvalue weighted by molar-refractivity contribution is 9.10. The Morgan fingerprint density at radius 2 is 2.17 bits per heavy atom. The third-order valence-electron chi connectivity index (χ3n) is 1.57.